The van der Waals surface area contributed by atoms with E-state index in [0.717, 1.165) is 4.56 Å². The molecule has 0 saturated heterocycles. The van der Waals surface area contributed by atoms with Crippen molar-refractivity contribution in [3.63, 3.8) is 0 Å². The number of nitrogens with one attached hydrogen (secondary N) is 1. The second kappa shape index (κ2) is 2.71. The molecule has 1 aromatic rings. The average Bonchev–Trinajstić information content (AvgIpc) is 2.15. The van der Waals surface area contributed by atoms with E-state index in [0.29, 0.717) is 0 Å². The summed E-state index contributed by atoms with van der Waals surface area (Å²) >= 11 is 0.207. The third-order valence-corrected chi connectivity index (χ3v) is 2.40. The Labute approximate surface area is 58.1 Å². The molecule has 0 unspecified atom stereocenters. The van der Waals surface area contributed by atoms with Crippen molar-refractivity contribution in [3.8, 4) is 0 Å². The van der Waals surface area contributed by atoms with Crippen LogP contribution in [0.15, 0.2) is 17.1 Å². The molecule has 1 rings (SSSR count). The van der Waals surface area contributed by atoms with Crippen molar-refractivity contribution in [2.24, 2.45) is 0 Å². The fourth-order valence-corrected chi connectivity index (χ4v) is 1.73. The fraction of sp³-hybridized carbons (Fsp3) is 0. The van der Waals surface area contributed by atoms with E-state index in [1.165, 1.54) is 0 Å². The van der Waals surface area contributed by atoms with Gasteiger partial charge in [-0.2, -0.15) is 0 Å². The van der Waals surface area contributed by atoms with E-state index in [2.05, 4.69) is 5.32 Å². The summed E-state index contributed by atoms with van der Waals surface area (Å²) in [5.41, 5.74) is 0. The van der Waals surface area contributed by atoms with Crippen LogP contribution >= 0.6 is 0 Å². The third-order valence-electron chi connectivity index (χ3n) is 0.751. The van der Waals surface area contributed by atoms with E-state index in [4.69, 9.17) is 5.11 Å². The van der Waals surface area contributed by atoms with Gasteiger partial charge in [0.05, 0.1) is 0 Å². The van der Waals surface area contributed by atoms with Crippen LogP contribution in [0.1, 0.15) is 0 Å². The SMILES string of the molecule is O=C(O)Nc1ccc[se]1. The zero-order valence-electron chi connectivity index (χ0n) is 4.50. The summed E-state index contributed by atoms with van der Waals surface area (Å²) < 4.78 is 0.801. The Morgan fingerprint density at radius 2 is 2.56 bits per heavy atom. The van der Waals surface area contributed by atoms with E-state index in [9.17, 15) is 4.79 Å². The summed E-state index contributed by atoms with van der Waals surface area (Å²) in [5, 5.41) is 10.5. The predicted octanol–water partition coefficient (Wildman–Crippen LogP) is 0.833. The van der Waals surface area contributed by atoms with E-state index in [-0.39, 0.29) is 14.5 Å². The number of anilines is 1. The Kier molecular flexibility index (Phi) is 1.92. The molecule has 0 aliphatic rings. The van der Waals surface area contributed by atoms with Gasteiger partial charge in [-0.15, -0.1) is 0 Å². The molecule has 2 N–H and O–H groups in total. The van der Waals surface area contributed by atoms with Gasteiger partial charge in [-0.3, -0.25) is 0 Å². The van der Waals surface area contributed by atoms with Crippen molar-refractivity contribution >= 4 is 25.2 Å². The first-order valence-corrected chi connectivity index (χ1v) is 4.17. The molecule has 0 atom stereocenters. The molecule has 0 radical (unpaired) electrons. The van der Waals surface area contributed by atoms with Crippen LogP contribution in [-0.4, -0.2) is 25.7 Å². The quantitative estimate of drug-likeness (QED) is 0.644. The molecule has 0 spiro atoms. The minimum atomic E-state index is -0.980. The molecule has 9 heavy (non-hydrogen) atoms. The van der Waals surface area contributed by atoms with Crippen LogP contribution in [0.3, 0.4) is 0 Å². The Bertz CT molecular complexity index is 195. The van der Waals surface area contributed by atoms with Crippen LogP contribution in [0.5, 0.6) is 0 Å². The number of rotatable bonds is 1. The molecule has 0 fully saturated rings. The maximum absolute atomic E-state index is 9.99. The second-order valence-electron chi connectivity index (χ2n) is 1.41. The Hall–Kier alpha value is -0.731. The molecular formula is C5H5NO2Se. The van der Waals surface area contributed by atoms with Crippen LogP contribution in [0.2, 0.25) is 0 Å². The monoisotopic (exact) mass is 191 g/mol. The van der Waals surface area contributed by atoms with Gasteiger partial charge in [-0.05, 0) is 0 Å². The fourth-order valence-electron chi connectivity index (χ4n) is 0.455. The second-order valence-corrected chi connectivity index (χ2v) is 3.40. The van der Waals surface area contributed by atoms with Gasteiger partial charge < -0.3 is 0 Å². The van der Waals surface area contributed by atoms with Gasteiger partial charge in [0.2, 0.25) is 0 Å². The predicted molar refractivity (Wildman–Crippen MR) is 35.0 cm³/mol. The van der Waals surface area contributed by atoms with Crippen molar-refractivity contribution in [1.29, 1.82) is 0 Å². The summed E-state index contributed by atoms with van der Waals surface area (Å²) in [6, 6.07) is 3.62. The summed E-state index contributed by atoms with van der Waals surface area (Å²) in [6.45, 7) is 0. The molecule has 1 amide bonds. The number of amides is 1. The van der Waals surface area contributed by atoms with E-state index in [1.807, 2.05) is 11.0 Å². The molecular weight excluding hydrogens is 185 g/mol. The minimum absolute atomic E-state index is 0.207. The summed E-state index contributed by atoms with van der Waals surface area (Å²) in [7, 11) is 0. The number of hydrogen-bond acceptors (Lipinski definition) is 1. The first-order valence-electron chi connectivity index (χ1n) is 2.32. The number of carboxylic acid groups (broad SMARTS) is 1. The van der Waals surface area contributed by atoms with Gasteiger partial charge in [0, 0.05) is 0 Å². The summed E-state index contributed by atoms with van der Waals surface area (Å²) in [6.07, 6.45) is -0.980. The van der Waals surface area contributed by atoms with Crippen LogP contribution in [0.4, 0.5) is 9.36 Å². The number of carbonyl (C=O) groups is 1. The molecule has 3 nitrogen and oxygen atoms in total. The van der Waals surface area contributed by atoms with Crippen LogP contribution in [0.25, 0.3) is 0 Å². The van der Waals surface area contributed by atoms with Crippen molar-refractivity contribution < 1.29 is 9.90 Å². The molecule has 0 aliphatic heterocycles. The molecule has 4 heteroatoms. The van der Waals surface area contributed by atoms with Crippen LogP contribution < -0.4 is 5.32 Å². The van der Waals surface area contributed by atoms with E-state index >= 15 is 0 Å². The van der Waals surface area contributed by atoms with Crippen molar-refractivity contribution in [2.45, 2.75) is 0 Å². The molecule has 0 bridgehead atoms. The van der Waals surface area contributed by atoms with Gasteiger partial charge in [0.15, 0.2) is 0 Å². The molecule has 0 aromatic carbocycles. The molecule has 1 aromatic heterocycles. The summed E-state index contributed by atoms with van der Waals surface area (Å²) in [4.78, 5) is 11.9. The Morgan fingerprint density at radius 1 is 1.78 bits per heavy atom. The van der Waals surface area contributed by atoms with Crippen molar-refractivity contribution in [2.75, 3.05) is 5.32 Å². The zero-order chi connectivity index (χ0) is 6.69. The molecule has 48 valence electrons. The van der Waals surface area contributed by atoms with E-state index < -0.39 is 6.09 Å². The third kappa shape index (κ3) is 1.91. The normalized spacial score (nSPS) is 8.89. The van der Waals surface area contributed by atoms with Crippen LogP contribution in [0, 0.1) is 0 Å². The van der Waals surface area contributed by atoms with Crippen LogP contribution in [-0.2, 0) is 0 Å². The first kappa shape index (κ1) is 6.39. The van der Waals surface area contributed by atoms with Gasteiger partial charge in [-0.25, -0.2) is 0 Å². The number of hydrogen-bond donors (Lipinski definition) is 2. The maximum atomic E-state index is 9.99. The van der Waals surface area contributed by atoms with Gasteiger partial charge in [0.1, 0.15) is 0 Å². The van der Waals surface area contributed by atoms with Crippen molar-refractivity contribution in [3.05, 3.63) is 17.1 Å². The van der Waals surface area contributed by atoms with Gasteiger partial charge in [-0.1, -0.05) is 0 Å². The Morgan fingerprint density at radius 3 is 3.00 bits per heavy atom. The molecule has 0 aliphatic carbocycles. The van der Waals surface area contributed by atoms with E-state index in [1.54, 1.807) is 6.07 Å². The molecule has 1 heterocycles. The average molecular weight is 190 g/mol. The topological polar surface area (TPSA) is 49.3 Å². The van der Waals surface area contributed by atoms with Gasteiger partial charge >= 0.3 is 57.4 Å². The molecule has 0 saturated carbocycles. The zero-order valence-corrected chi connectivity index (χ0v) is 6.21. The summed E-state index contributed by atoms with van der Waals surface area (Å²) in [5.74, 6) is 0. The standard InChI is InChI=1S/C5H5NO2Se/c7-5(8)6-4-2-1-3-9-4/h1-3,6H,(H,7,8). The Balaban J connectivity index is 2.58. The van der Waals surface area contributed by atoms with Crippen molar-refractivity contribution in [1.82, 2.24) is 0 Å². The van der Waals surface area contributed by atoms with Gasteiger partial charge in [0.25, 0.3) is 0 Å². The first-order chi connectivity index (χ1) is 4.29.